The lowest BCUT2D eigenvalue weighted by Gasteiger charge is -2.03. The Morgan fingerprint density at radius 3 is 2.93 bits per heavy atom. The Hall–Kier alpha value is -1.35. The van der Waals surface area contributed by atoms with Gasteiger partial charge in [0, 0.05) is 17.1 Å². The Kier molecular flexibility index (Phi) is 2.79. The van der Waals surface area contributed by atoms with Gasteiger partial charge in [0.15, 0.2) is 0 Å². The van der Waals surface area contributed by atoms with Gasteiger partial charge < -0.3 is 5.32 Å². The Bertz CT molecular complexity index is 378. The van der Waals surface area contributed by atoms with Crippen LogP contribution in [0.2, 0.25) is 0 Å². The zero-order valence-corrected chi connectivity index (χ0v) is 8.84. The van der Waals surface area contributed by atoms with Crippen LogP contribution in [0.1, 0.15) is 10.6 Å². The molecule has 2 heterocycles. The largest absolute Gasteiger partial charge is 0.379 e. The van der Waals surface area contributed by atoms with Crippen molar-refractivity contribution in [2.24, 2.45) is 0 Å². The van der Waals surface area contributed by atoms with Crippen LogP contribution in [0.3, 0.4) is 0 Å². The van der Waals surface area contributed by atoms with E-state index >= 15 is 0 Å². The molecule has 0 atom stereocenters. The maximum atomic E-state index is 4.22. The van der Waals surface area contributed by atoms with E-state index in [9.17, 15) is 0 Å². The fourth-order valence-corrected chi connectivity index (χ4v) is 1.82. The van der Waals surface area contributed by atoms with E-state index in [2.05, 4.69) is 33.9 Å². The Labute approximate surface area is 87.6 Å². The second-order valence-corrected chi connectivity index (χ2v) is 4.15. The topological polar surface area (TPSA) is 24.9 Å². The van der Waals surface area contributed by atoms with E-state index in [0.717, 1.165) is 17.9 Å². The molecule has 1 N–H and O–H groups in total. The number of aromatic nitrogens is 1. The standard InChI is InChI=1S/C11H12N2S/c1-9-4-5-10(7-12-9)13-8-11-3-2-6-14-11/h2-7,13H,8H2,1H3. The van der Waals surface area contributed by atoms with E-state index in [-0.39, 0.29) is 0 Å². The normalized spacial score (nSPS) is 10.1. The van der Waals surface area contributed by atoms with Crippen LogP contribution >= 0.6 is 11.3 Å². The Morgan fingerprint density at radius 2 is 2.29 bits per heavy atom. The van der Waals surface area contributed by atoms with Gasteiger partial charge in [-0.3, -0.25) is 4.98 Å². The third kappa shape index (κ3) is 2.33. The summed E-state index contributed by atoms with van der Waals surface area (Å²) in [6.07, 6.45) is 1.86. The molecule has 0 amide bonds. The highest BCUT2D eigenvalue weighted by molar-refractivity contribution is 7.09. The van der Waals surface area contributed by atoms with Crippen LogP contribution < -0.4 is 5.32 Å². The van der Waals surface area contributed by atoms with Gasteiger partial charge in [-0.05, 0) is 30.5 Å². The first-order chi connectivity index (χ1) is 6.84. The molecule has 2 nitrogen and oxygen atoms in total. The minimum atomic E-state index is 0.877. The average Bonchev–Trinajstić information content (AvgIpc) is 2.70. The fraction of sp³-hybridized carbons (Fsp3) is 0.182. The van der Waals surface area contributed by atoms with Gasteiger partial charge in [-0.25, -0.2) is 0 Å². The quantitative estimate of drug-likeness (QED) is 0.831. The van der Waals surface area contributed by atoms with Crippen molar-refractivity contribution in [1.82, 2.24) is 4.98 Å². The highest BCUT2D eigenvalue weighted by Gasteiger charge is 1.94. The molecule has 3 heteroatoms. The fourth-order valence-electron chi connectivity index (χ4n) is 1.17. The van der Waals surface area contributed by atoms with Crippen LogP contribution in [0.4, 0.5) is 5.69 Å². The molecule has 0 bridgehead atoms. The number of rotatable bonds is 3. The van der Waals surface area contributed by atoms with Gasteiger partial charge >= 0.3 is 0 Å². The van der Waals surface area contributed by atoms with Crippen molar-refractivity contribution in [3.8, 4) is 0 Å². The minimum Gasteiger partial charge on any atom is -0.379 e. The zero-order chi connectivity index (χ0) is 9.80. The first-order valence-electron chi connectivity index (χ1n) is 4.53. The summed E-state index contributed by atoms with van der Waals surface area (Å²) in [4.78, 5) is 5.56. The Balaban J connectivity index is 1.95. The summed E-state index contributed by atoms with van der Waals surface area (Å²) >= 11 is 1.76. The van der Waals surface area contributed by atoms with E-state index < -0.39 is 0 Å². The second-order valence-electron chi connectivity index (χ2n) is 3.12. The van der Waals surface area contributed by atoms with Gasteiger partial charge in [-0.2, -0.15) is 0 Å². The lowest BCUT2D eigenvalue weighted by atomic mass is 10.3. The average molecular weight is 204 g/mol. The van der Waals surface area contributed by atoms with E-state index in [1.807, 2.05) is 19.2 Å². The number of pyridine rings is 1. The predicted molar refractivity (Wildman–Crippen MR) is 60.6 cm³/mol. The molecule has 0 radical (unpaired) electrons. The van der Waals surface area contributed by atoms with Gasteiger partial charge in [-0.1, -0.05) is 6.07 Å². The molecule has 2 aromatic rings. The summed E-state index contributed by atoms with van der Waals surface area (Å²) in [5, 5.41) is 5.41. The molecule has 0 aliphatic rings. The van der Waals surface area contributed by atoms with Crippen LogP contribution in [0.25, 0.3) is 0 Å². The molecule has 0 saturated heterocycles. The van der Waals surface area contributed by atoms with E-state index in [1.165, 1.54) is 4.88 Å². The highest BCUT2D eigenvalue weighted by Crippen LogP contribution is 2.12. The van der Waals surface area contributed by atoms with E-state index in [4.69, 9.17) is 0 Å². The maximum Gasteiger partial charge on any atom is 0.0529 e. The van der Waals surface area contributed by atoms with Crippen molar-refractivity contribution in [2.45, 2.75) is 13.5 Å². The number of hydrogen-bond acceptors (Lipinski definition) is 3. The number of thiophene rings is 1. The third-order valence-corrected chi connectivity index (χ3v) is 2.83. The summed E-state index contributed by atoms with van der Waals surface area (Å²) in [6, 6.07) is 8.25. The molecule has 0 spiro atoms. The van der Waals surface area contributed by atoms with Gasteiger partial charge in [0.1, 0.15) is 0 Å². The number of nitrogens with zero attached hydrogens (tertiary/aromatic N) is 1. The monoisotopic (exact) mass is 204 g/mol. The number of aryl methyl sites for hydroxylation is 1. The van der Waals surface area contributed by atoms with Crippen molar-refractivity contribution in [2.75, 3.05) is 5.32 Å². The van der Waals surface area contributed by atoms with Crippen LogP contribution in [0.5, 0.6) is 0 Å². The summed E-state index contributed by atoms with van der Waals surface area (Å²) in [5.74, 6) is 0. The first kappa shape index (κ1) is 9.21. The SMILES string of the molecule is Cc1ccc(NCc2cccs2)cn1. The van der Waals surface area contributed by atoms with Crippen LogP contribution in [0, 0.1) is 6.92 Å². The molecule has 2 rings (SSSR count). The van der Waals surface area contributed by atoms with Crippen LogP contribution in [0.15, 0.2) is 35.8 Å². The zero-order valence-electron chi connectivity index (χ0n) is 8.03. The van der Waals surface area contributed by atoms with Crippen molar-refractivity contribution < 1.29 is 0 Å². The molecule has 0 aliphatic heterocycles. The van der Waals surface area contributed by atoms with Crippen LogP contribution in [-0.2, 0) is 6.54 Å². The maximum absolute atomic E-state index is 4.22. The third-order valence-electron chi connectivity index (χ3n) is 1.96. The smallest absolute Gasteiger partial charge is 0.0529 e. The molecule has 0 unspecified atom stereocenters. The predicted octanol–water partition coefficient (Wildman–Crippen LogP) is 3.06. The molecule has 0 aromatic carbocycles. The van der Waals surface area contributed by atoms with E-state index in [1.54, 1.807) is 11.3 Å². The van der Waals surface area contributed by atoms with Gasteiger partial charge in [0.25, 0.3) is 0 Å². The van der Waals surface area contributed by atoms with Gasteiger partial charge in [0.2, 0.25) is 0 Å². The molecule has 14 heavy (non-hydrogen) atoms. The molecule has 72 valence electrons. The lowest BCUT2D eigenvalue weighted by Crippen LogP contribution is -1.97. The molecular weight excluding hydrogens is 192 g/mol. The molecule has 0 aliphatic carbocycles. The number of anilines is 1. The van der Waals surface area contributed by atoms with Gasteiger partial charge in [0.05, 0.1) is 11.9 Å². The highest BCUT2D eigenvalue weighted by atomic mass is 32.1. The van der Waals surface area contributed by atoms with E-state index in [0.29, 0.717) is 0 Å². The van der Waals surface area contributed by atoms with Gasteiger partial charge in [-0.15, -0.1) is 11.3 Å². The summed E-state index contributed by atoms with van der Waals surface area (Å²) < 4.78 is 0. The molecular formula is C11H12N2S. The van der Waals surface area contributed by atoms with Crippen molar-refractivity contribution in [3.63, 3.8) is 0 Å². The first-order valence-corrected chi connectivity index (χ1v) is 5.41. The summed E-state index contributed by atoms with van der Waals surface area (Å²) in [7, 11) is 0. The number of nitrogens with one attached hydrogen (secondary N) is 1. The second kappa shape index (κ2) is 4.24. The lowest BCUT2D eigenvalue weighted by molar-refractivity contribution is 1.15. The van der Waals surface area contributed by atoms with Crippen molar-refractivity contribution >= 4 is 17.0 Å². The number of hydrogen-bond donors (Lipinski definition) is 1. The minimum absolute atomic E-state index is 0.877. The van der Waals surface area contributed by atoms with Crippen molar-refractivity contribution in [3.05, 3.63) is 46.4 Å². The summed E-state index contributed by atoms with van der Waals surface area (Å²) in [5.41, 5.74) is 2.12. The summed E-state index contributed by atoms with van der Waals surface area (Å²) in [6.45, 7) is 2.87. The molecule has 2 aromatic heterocycles. The Morgan fingerprint density at radius 1 is 1.36 bits per heavy atom. The molecule has 0 saturated carbocycles. The molecule has 0 fully saturated rings. The van der Waals surface area contributed by atoms with Crippen molar-refractivity contribution in [1.29, 1.82) is 0 Å². The van der Waals surface area contributed by atoms with Crippen LogP contribution in [-0.4, -0.2) is 4.98 Å².